The molecule has 2 unspecified atom stereocenters. The highest BCUT2D eigenvalue weighted by atomic mass is 31.2. The van der Waals surface area contributed by atoms with Crippen molar-refractivity contribution in [2.75, 3.05) is 6.16 Å². The highest BCUT2D eigenvalue weighted by molar-refractivity contribution is 7.57. The number of benzene rings is 2. The number of fused-ring (bicyclic) bond motifs is 1. The van der Waals surface area contributed by atoms with Gasteiger partial charge in [0.25, 0.3) is 0 Å². The molecule has 0 spiro atoms. The fourth-order valence-electron chi connectivity index (χ4n) is 2.75. The van der Waals surface area contributed by atoms with Crippen LogP contribution in [0.1, 0.15) is 24.8 Å². The van der Waals surface area contributed by atoms with E-state index in [1.165, 1.54) is 0 Å². The zero-order valence-electron chi connectivity index (χ0n) is 13.7. The Morgan fingerprint density at radius 3 is 2.32 bits per heavy atom. The second kappa shape index (κ2) is 8.28. The van der Waals surface area contributed by atoms with Crippen LogP contribution < -0.4 is 0 Å². The molecule has 2 aromatic carbocycles. The summed E-state index contributed by atoms with van der Waals surface area (Å²) >= 11 is 0. The van der Waals surface area contributed by atoms with Gasteiger partial charge in [-0.15, -0.1) is 0 Å². The lowest BCUT2D eigenvalue weighted by molar-refractivity contribution is -0.143. The minimum atomic E-state index is -3.54. The Bertz CT molecular complexity index is 816. The Balaban J connectivity index is 2.00. The molecular formula is C18H21O6P. The van der Waals surface area contributed by atoms with Crippen molar-refractivity contribution in [3.8, 4) is 0 Å². The molecular weight excluding hydrogens is 343 g/mol. The number of carboxylic acids is 2. The van der Waals surface area contributed by atoms with Crippen molar-refractivity contribution in [2.45, 2.75) is 25.4 Å². The first-order valence-electron chi connectivity index (χ1n) is 8.00. The molecule has 0 radical (unpaired) electrons. The van der Waals surface area contributed by atoms with Crippen LogP contribution in [-0.2, 0) is 20.3 Å². The van der Waals surface area contributed by atoms with Crippen LogP contribution >= 0.6 is 7.37 Å². The Morgan fingerprint density at radius 1 is 1.00 bits per heavy atom. The van der Waals surface area contributed by atoms with Crippen LogP contribution in [0.15, 0.2) is 42.5 Å². The summed E-state index contributed by atoms with van der Waals surface area (Å²) in [5.41, 5.74) is 0.724. The highest BCUT2D eigenvalue weighted by Gasteiger charge is 2.25. The van der Waals surface area contributed by atoms with E-state index in [1.807, 2.05) is 36.4 Å². The average Bonchev–Trinajstić information content (AvgIpc) is 2.53. The van der Waals surface area contributed by atoms with E-state index < -0.39 is 25.2 Å². The first kappa shape index (κ1) is 19.2. The Kier molecular flexibility index (Phi) is 6.34. The van der Waals surface area contributed by atoms with E-state index in [1.54, 1.807) is 6.07 Å². The van der Waals surface area contributed by atoms with E-state index in [-0.39, 0.29) is 31.6 Å². The van der Waals surface area contributed by atoms with E-state index in [2.05, 4.69) is 0 Å². The fourth-order valence-corrected chi connectivity index (χ4v) is 4.39. The lowest BCUT2D eigenvalue weighted by Crippen LogP contribution is -2.17. The van der Waals surface area contributed by atoms with Crippen molar-refractivity contribution in [3.63, 3.8) is 0 Å². The molecule has 7 heteroatoms. The molecule has 134 valence electrons. The summed E-state index contributed by atoms with van der Waals surface area (Å²) in [6.45, 7) is 0. The normalized spacial score (nSPS) is 14.8. The van der Waals surface area contributed by atoms with E-state index in [0.717, 1.165) is 16.3 Å². The second-order valence-corrected chi connectivity index (χ2v) is 8.62. The molecule has 0 aliphatic carbocycles. The van der Waals surface area contributed by atoms with Gasteiger partial charge in [-0.05, 0) is 29.2 Å². The largest absolute Gasteiger partial charge is 0.481 e. The summed E-state index contributed by atoms with van der Waals surface area (Å²) in [6, 6.07) is 13.2. The van der Waals surface area contributed by atoms with Gasteiger partial charge in [0, 0.05) is 18.7 Å². The number of hydrogen-bond donors (Lipinski definition) is 3. The molecule has 0 saturated carbocycles. The molecule has 0 heterocycles. The van der Waals surface area contributed by atoms with Crippen molar-refractivity contribution in [1.29, 1.82) is 0 Å². The molecule has 0 fully saturated rings. The maximum atomic E-state index is 12.4. The molecule has 2 atom stereocenters. The minimum absolute atomic E-state index is 0.00995. The monoisotopic (exact) mass is 364 g/mol. The predicted octanol–water partition coefficient (Wildman–Crippen LogP) is 3.57. The van der Waals surface area contributed by atoms with Gasteiger partial charge in [-0.1, -0.05) is 42.5 Å². The summed E-state index contributed by atoms with van der Waals surface area (Å²) in [4.78, 5) is 31.9. The quantitative estimate of drug-likeness (QED) is 0.587. The molecule has 0 aromatic heterocycles. The molecule has 0 saturated heterocycles. The third-order valence-electron chi connectivity index (χ3n) is 4.13. The van der Waals surface area contributed by atoms with Gasteiger partial charge in [0.15, 0.2) is 0 Å². The number of carboxylic acid groups (broad SMARTS) is 2. The van der Waals surface area contributed by atoms with Crippen LogP contribution in [0.5, 0.6) is 0 Å². The van der Waals surface area contributed by atoms with Crippen LogP contribution in [0, 0.1) is 5.92 Å². The zero-order valence-corrected chi connectivity index (χ0v) is 14.6. The standard InChI is InChI=1S/C18H21O6P/c19-17(20)8-7-15(18(21)22)9-10-25(23,24)12-13-5-6-14-3-1-2-4-16(14)11-13/h1-6,11,15H,7-10,12H2,(H,19,20)(H,21,22)(H,23,24). The van der Waals surface area contributed by atoms with Crippen molar-refractivity contribution >= 4 is 30.1 Å². The van der Waals surface area contributed by atoms with Crippen molar-refractivity contribution in [3.05, 3.63) is 48.0 Å². The average molecular weight is 364 g/mol. The van der Waals surface area contributed by atoms with E-state index in [0.29, 0.717) is 0 Å². The van der Waals surface area contributed by atoms with Crippen molar-refractivity contribution < 1.29 is 29.3 Å². The molecule has 25 heavy (non-hydrogen) atoms. The number of hydrogen-bond acceptors (Lipinski definition) is 3. The molecule has 6 nitrogen and oxygen atoms in total. The summed E-state index contributed by atoms with van der Waals surface area (Å²) in [6.07, 6.45) is -0.485. The lowest BCUT2D eigenvalue weighted by Gasteiger charge is -2.15. The summed E-state index contributed by atoms with van der Waals surface area (Å²) in [5, 5.41) is 19.8. The van der Waals surface area contributed by atoms with Gasteiger partial charge in [-0.3, -0.25) is 14.2 Å². The van der Waals surface area contributed by atoms with Gasteiger partial charge < -0.3 is 15.1 Å². The Morgan fingerprint density at radius 2 is 1.68 bits per heavy atom. The maximum Gasteiger partial charge on any atom is 0.306 e. The molecule has 2 aromatic rings. The summed E-state index contributed by atoms with van der Waals surface area (Å²) < 4.78 is 12.4. The van der Waals surface area contributed by atoms with Gasteiger partial charge >= 0.3 is 11.9 Å². The molecule has 0 amide bonds. The molecule has 0 aliphatic heterocycles. The highest BCUT2D eigenvalue weighted by Crippen LogP contribution is 2.46. The minimum Gasteiger partial charge on any atom is -0.481 e. The first-order chi connectivity index (χ1) is 11.8. The number of aliphatic carboxylic acids is 2. The molecule has 2 rings (SSSR count). The predicted molar refractivity (Wildman–Crippen MR) is 95.0 cm³/mol. The van der Waals surface area contributed by atoms with Gasteiger partial charge in [-0.25, -0.2) is 0 Å². The van der Waals surface area contributed by atoms with Gasteiger partial charge in [0.05, 0.1) is 5.92 Å². The SMILES string of the molecule is O=C(O)CCC(CCP(=O)(O)Cc1ccc2ccccc2c1)C(=O)O. The fraction of sp³-hybridized carbons (Fsp3) is 0.333. The second-order valence-electron chi connectivity index (χ2n) is 6.17. The van der Waals surface area contributed by atoms with Crippen LogP contribution in [0.4, 0.5) is 0 Å². The van der Waals surface area contributed by atoms with E-state index >= 15 is 0 Å². The lowest BCUT2D eigenvalue weighted by atomic mass is 10.0. The molecule has 0 aliphatic rings. The molecule has 3 N–H and O–H groups in total. The Labute approximate surface area is 145 Å². The van der Waals surface area contributed by atoms with E-state index in [9.17, 15) is 19.0 Å². The van der Waals surface area contributed by atoms with Crippen LogP contribution in [-0.4, -0.2) is 33.2 Å². The van der Waals surface area contributed by atoms with Gasteiger partial charge in [0.1, 0.15) is 0 Å². The molecule has 0 bridgehead atoms. The summed E-state index contributed by atoms with van der Waals surface area (Å²) in [7, 11) is -3.54. The van der Waals surface area contributed by atoms with Crippen molar-refractivity contribution in [1.82, 2.24) is 0 Å². The third kappa shape index (κ3) is 6.00. The number of carbonyl (C=O) groups is 2. The Hall–Kier alpha value is -2.17. The van der Waals surface area contributed by atoms with Crippen LogP contribution in [0.3, 0.4) is 0 Å². The van der Waals surface area contributed by atoms with Crippen molar-refractivity contribution in [2.24, 2.45) is 5.92 Å². The van der Waals surface area contributed by atoms with Crippen LogP contribution in [0.2, 0.25) is 0 Å². The van der Waals surface area contributed by atoms with E-state index in [4.69, 9.17) is 10.2 Å². The third-order valence-corrected chi connectivity index (χ3v) is 5.94. The zero-order chi connectivity index (χ0) is 18.4. The smallest absolute Gasteiger partial charge is 0.306 e. The first-order valence-corrected chi connectivity index (χ1v) is 10.0. The van der Waals surface area contributed by atoms with Crippen LogP contribution in [0.25, 0.3) is 10.8 Å². The number of rotatable bonds is 9. The summed E-state index contributed by atoms with van der Waals surface area (Å²) in [5.74, 6) is -3.13. The maximum absolute atomic E-state index is 12.4. The van der Waals surface area contributed by atoms with Gasteiger partial charge in [-0.2, -0.15) is 0 Å². The topological polar surface area (TPSA) is 112 Å². The van der Waals surface area contributed by atoms with Gasteiger partial charge in [0.2, 0.25) is 7.37 Å².